The summed E-state index contributed by atoms with van der Waals surface area (Å²) in [7, 11) is 1.63. The molecule has 0 aliphatic carbocycles. The molecule has 1 unspecified atom stereocenters. The van der Waals surface area contributed by atoms with Gasteiger partial charge in [0.1, 0.15) is 11.4 Å². The number of likely N-dealkylation sites (tertiary alicyclic amines) is 1. The fraction of sp³-hybridized carbons (Fsp3) is 0.600. The fourth-order valence-electron chi connectivity index (χ4n) is 5.24. The monoisotopic (exact) mass is 440 g/mol. The van der Waals surface area contributed by atoms with Crippen molar-refractivity contribution < 1.29 is 14.3 Å². The van der Waals surface area contributed by atoms with Crippen LogP contribution in [-0.4, -0.2) is 61.1 Å². The minimum absolute atomic E-state index is 0.0799. The fourth-order valence-corrected chi connectivity index (χ4v) is 5.24. The van der Waals surface area contributed by atoms with Gasteiger partial charge in [0.05, 0.1) is 18.3 Å². The highest BCUT2D eigenvalue weighted by molar-refractivity contribution is 6.14. The normalized spacial score (nSPS) is 19.7. The van der Waals surface area contributed by atoms with Crippen LogP contribution >= 0.6 is 0 Å². The van der Waals surface area contributed by atoms with Crippen LogP contribution < -0.4 is 15.0 Å². The molecular formula is C25H36N4O3. The van der Waals surface area contributed by atoms with Gasteiger partial charge < -0.3 is 24.4 Å². The Bertz CT molecular complexity index is 983. The molecule has 1 aromatic heterocycles. The van der Waals surface area contributed by atoms with Crippen molar-refractivity contribution in [3.05, 3.63) is 23.9 Å². The van der Waals surface area contributed by atoms with Crippen molar-refractivity contribution in [2.24, 2.45) is 5.92 Å². The molecule has 7 nitrogen and oxygen atoms in total. The van der Waals surface area contributed by atoms with Crippen LogP contribution in [0.5, 0.6) is 5.75 Å². The highest BCUT2D eigenvalue weighted by Crippen LogP contribution is 2.38. The molecule has 2 aromatic rings. The summed E-state index contributed by atoms with van der Waals surface area (Å²) in [6, 6.07) is 5.83. The van der Waals surface area contributed by atoms with E-state index < -0.39 is 0 Å². The molecule has 4 rings (SSSR count). The number of piperidine rings is 1. The number of hydrogen-bond donors (Lipinski definition) is 1. The predicted octanol–water partition coefficient (Wildman–Crippen LogP) is 3.65. The van der Waals surface area contributed by atoms with E-state index in [0.717, 1.165) is 60.7 Å². The van der Waals surface area contributed by atoms with Crippen molar-refractivity contribution >= 4 is 28.4 Å². The summed E-state index contributed by atoms with van der Waals surface area (Å²) in [5, 5.41) is 4.03. The summed E-state index contributed by atoms with van der Waals surface area (Å²) in [5.74, 6) is 1.46. The minimum Gasteiger partial charge on any atom is -0.497 e. The number of ether oxygens (including phenoxy) is 1. The molecule has 2 saturated heterocycles. The number of nitrogens with zero attached hydrogens (tertiary/aromatic N) is 3. The number of aromatic nitrogens is 1. The second kappa shape index (κ2) is 9.94. The molecule has 0 saturated carbocycles. The van der Waals surface area contributed by atoms with Crippen molar-refractivity contribution in [2.45, 2.75) is 52.5 Å². The van der Waals surface area contributed by atoms with Crippen LogP contribution in [0.1, 0.15) is 56.4 Å². The van der Waals surface area contributed by atoms with Crippen LogP contribution in [-0.2, 0) is 11.3 Å². The molecule has 1 atom stereocenters. The third-order valence-corrected chi connectivity index (χ3v) is 6.80. The quantitative estimate of drug-likeness (QED) is 0.637. The van der Waals surface area contributed by atoms with Gasteiger partial charge in [-0.1, -0.05) is 6.92 Å². The highest BCUT2D eigenvalue weighted by atomic mass is 16.5. The lowest BCUT2D eigenvalue weighted by molar-refractivity contribution is -0.117. The molecule has 1 aromatic carbocycles. The summed E-state index contributed by atoms with van der Waals surface area (Å²) < 4.78 is 7.46. The number of aryl methyl sites for hydroxylation is 1. The molecule has 0 spiro atoms. The number of fused-ring (bicyclic) bond motifs is 1. The van der Waals surface area contributed by atoms with Crippen molar-refractivity contribution in [2.75, 3.05) is 44.7 Å². The van der Waals surface area contributed by atoms with E-state index in [2.05, 4.69) is 17.1 Å². The van der Waals surface area contributed by atoms with E-state index in [9.17, 15) is 9.59 Å². The molecular weight excluding hydrogens is 404 g/mol. The Labute approximate surface area is 190 Å². The number of rotatable bonds is 8. The van der Waals surface area contributed by atoms with Gasteiger partial charge in [-0.05, 0) is 69.8 Å². The first kappa shape index (κ1) is 22.6. The number of hydrogen-bond acceptors (Lipinski definition) is 4. The first-order valence-electron chi connectivity index (χ1n) is 12.0. The molecule has 2 aliphatic rings. The number of nitrogens with one attached hydrogen (secondary N) is 1. The van der Waals surface area contributed by atoms with Gasteiger partial charge >= 0.3 is 0 Å². The summed E-state index contributed by atoms with van der Waals surface area (Å²) in [5.41, 5.74) is 2.26. The standard InChI is InChI=1S/C25H36N4O3/c1-4-28-21-11-10-19(32-3)16-20(21)23(29-15-6-9-22(29)30)24(28)25(31)26-12-7-14-27-13-5-8-18(2)17-27/h10-11,16,18H,4-9,12-15,17H2,1-3H3,(H,26,31). The van der Waals surface area contributed by atoms with Gasteiger partial charge in [0.15, 0.2) is 0 Å². The molecule has 2 amide bonds. The molecule has 2 fully saturated rings. The smallest absolute Gasteiger partial charge is 0.270 e. The van der Waals surface area contributed by atoms with Gasteiger partial charge in [-0.25, -0.2) is 0 Å². The Kier molecular flexibility index (Phi) is 7.04. The lowest BCUT2D eigenvalue weighted by atomic mass is 10.0. The average molecular weight is 441 g/mol. The maximum atomic E-state index is 13.4. The van der Waals surface area contributed by atoms with Crippen LogP contribution in [0.25, 0.3) is 10.9 Å². The Hall–Kier alpha value is -2.54. The van der Waals surface area contributed by atoms with Crippen LogP contribution in [0.3, 0.4) is 0 Å². The number of anilines is 1. The maximum absolute atomic E-state index is 13.4. The van der Waals surface area contributed by atoms with E-state index in [-0.39, 0.29) is 11.8 Å². The first-order valence-corrected chi connectivity index (χ1v) is 12.0. The van der Waals surface area contributed by atoms with Gasteiger partial charge in [0, 0.05) is 38.0 Å². The first-order chi connectivity index (χ1) is 15.5. The van der Waals surface area contributed by atoms with Gasteiger partial charge in [0.25, 0.3) is 5.91 Å². The molecule has 32 heavy (non-hydrogen) atoms. The Morgan fingerprint density at radius 3 is 2.78 bits per heavy atom. The van der Waals surface area contributed by atoms with Crippen molar-refractivity contribution in [1.29, 1.82) is 0 Å². The van der Waals surface area contributed by atoms with Crippen molar-refractivity contribution in [3.8, 4) is 5.75 Å². The van der Waals surface area contributed by atoms with Crippen molar-refractivity contribution in [1.82, 2.24) is 14.8 Å². The van der Waals surface area contributed by atoms with Gasteiger partial charge in [-0.3, -0.25) is 9.59 Å². The van der Waals surface area contributed by atoms with Crippen LogP contribution in [0.15, 0.2) is 18.2 Å². The van der Waals surface area contributed by atoms with Gasteiger partial charge in [-0.2, -0.15) is 0 Å². The van der Waals surface area contributed by atoms with Gasteiger partial charge in [-0.15, -0.1) is 0 Å². The van der Waals surface area contributed by atoms with E-state index in [1.165, 1.54) is 12.8 Å². The summed E-state index contributed by atoms with van der Waals surface area (Å²) >= 11 is 0. The zero-order chi connectivity index (χ0) is 22.7. The van der Waals surface area contributed by atoms with Crippen LogP contribution in [0.2, 0.25) is 0 Å². The van der Waals surface area contributed by atoms with Crippen LogP contribution in [0.4, 0.5) is 5.69 Å². The Morgan fingerprint density at radius 1 is 1.25 bits per heavy atom. The number of carbonyl (C=O) groups is 2. The minimum atomic E-state index is -0.108. The lowest BCUT2D eigenvalue weighted by Crippen LogP contribution is -2.37. The third-order valence-electron chi connectivity index (χ3n) is 6.80. The third kappa shape index (κ3) is 4.49. The SMILES string of the molecule is CCn1c(C(=O)NCCCN2CCCC(C)C2)c(N2CCCC2=O)c2cc(OC)ccc21. The molecule has 0 bridgehead atoms. The molecule has 174 valence electrons. The zero-order valence-electron chi connectivity index (χ0n) is 19.7. The van der Waals surface area contributed by atoms with E-state index in [0.29, 0.717) is 31.7 Å². The Balaban J connectivity index is 1.57. The summed E-state index contributed by atoms with van der Waals surface area (Å²) in [4.78, 5) is 30.4. The number of benzene rings is 1. The molecule has 2 aliphatic heterocycles. The summed E-state index contributed by atoms with van der Waals surface area (Å²) in [6.07, 6.45) is 4.85. The van der Waals surface area contributed by atoms with Gasteiger partial charge in [0.2, 0.25) is 5.91 Å². The van der Waals surface area contributed by atoms with Crippen LogP contribution in [0, 0.1) is 5.92 Å². The number of carbonyl (C=O) groups excluding carboxylic acids is 2. The largest absolute Gasteiger partial charge is 0.497 e. The maximum Gasteiger partial charge on any atom is 0.270 e. The molecule has 7 heteroatoms. The number of methoxy groups -OCH3 is 1. The topological polar surface area (TPSA) is 66.8 Å². The second-order valence-electron chi connectivity index (χ2n) is 9.13. The second-order valence-corrected chi connectivity index (χ2v) is 9.13. The molecule has 0 radical (unpaired) electrons. The van der Waals surface area contributed by atoms with E-state index >= 15 is 0 Å². The Morgan fingerprint density at radius 2 is 2.09 bits per heavy atom. The summed E-state index contributed by atoms with van der Waals surface area (Å²) in [6.45, 7) is 9.60. The lowest BCUT2D eigenvalue weighted by Gasteiger charge is -2.30. The van der Waals surface area contributed by atoms with Crippen molar-refractivity contribution in [3.63, 3.8) is 0 Å². The highest BCUT2D eigenvalue weighted by Gasteiger charge is 2.32. The molecule has 3 heterocycles. The zero-order valence-corrected chi connectivity index (χ0v) is 19.7. The van der Waals surface area contributed by atoms with E-state index in [4.69, 9.17) is 4.74 Å². The van der Waals surface area contributed by atoms with E-state index in [1.807, 2.05) is 29.7 Å². The number of amides is 2. The average Bonchev–Trinajstić information content (AvgIpc) is 3.36. The van der Waals surface area contributed by atoms with E-state index in [1.54, 1.807) is 12.0 Å². The predicted molar refractivity (Wildman–Crippen MR) is 128 cm³/mol. The molecule has 1 N–H and O–H groups in total.